The Hall–Kier alpha value is -1.74. The molecular formula is C21H26IN2O4-. The monoisotopic (exact) mass is 497 g/mol. The molecule has 1 aromatic heterocycles. The summed E-state index contributed by atoms with van der Waals surface area (Å²) in [4.78, 5) is 20.3. The molecule has 0 unspecified atom stereocenters. The molecule has 7 heteroatoms. The van der Waals surface area contributed by atoms with Crippen LogP contribution in [0.15, 0.2) is 30.0 Å². The number of alkyl halides is 2. The number of fused-ring (bicyclic) bond motifs is 5. The molecule has 0 radical (unpaired) electrons. The molecule has 2 N–H and O–H groups in total. The topological polar surface area (TPSA) is 74.8 Å². The number of H-pyrrole nitrogens is 1. The molecule has 2 aliphatic rings. The first-order valence-corrected chi connectivity index (χ1v) is 12.8. The molecule has 1 fully saturated rings. The van der Waals surface area contributed by atoms with Gasteiger partial charge < -0.3 is 0 Å². The van der Waals surface area contributed by atoms with E-state index in [1.807, 2.05) is 12.1 Å². The van der Waals surface area contributed by atoms with Crippen molar-refractivity contribution in [1.82, 2.24) is 9.88 Å². The summed E-state index contributed by atoms with van der Waals surface area (Å²) in [6.07, 6.45) is 3.24. The predicted octanol–water partition coefficient (Wildman–Crippen LogP) is -0.202. The van der Waals surface area contributed by atoms with Crippen molar-refractivity contribution in [2.75, 3.05) is 32.2 Å². The third-order valence-corrected chi connectivity index (χ3v) is 8.92. The first kappa shape index (κ1) is 19.6. The van der Waals surface area contributed by atoms with Crippen LogP contribution in [0.25, 0.3) is 10.9 Å². The number of piperidine rings is 1. The van der Waals surface area contributed by atoms with Gasteiger partial charge in [-0.15, -0.1) is 0 Å². The number of carboxylic acids is 1. The molecule has 3 atom stereocenters. The van der Waals surface area contributed by atoms with E-state index >= 15 is 0 Å². The summed E-state index contributed by atoms with van der Waals surface area (Å²) in [6.45, 7) is 1.96. The van der Waals surface area contributed by atoms with Gasteiger partial charge in [0.25, 0.3) is 0 Å². The fourth-order valence-corrected chi connectivity index (χ4v) is 7.25. The fraction of sp³-hybridized carbons (Fsp3) is 0.476. The molecule has 1 aromatic carbocycles. The normalized spacial score (nSPS) is 25.4. The third kappa shape index (κ3) is 3.18. The number of halogens is 1. The van der Waals surface area contributed by atoms with E-state index in [1.165, 1.54) is 30.0 Å². The van der Waals surface area contributed by atoms with Gasteiger partial charge in [-0.3, -0.25) is 0 Å². The molecule has 28 heavy (non-hydrogen) atoms. The van der Waals surface area contributed by atoms with E-state index in [0.717, 1.165) is 37.2 Å². The number of nitrogens with zero attached hydrogens (tertiary/aromatic N) is 1. The Bertz CT molecular complexity index is 923. The van der Waals surface area contributed by atoms with E-state index < -0.39 is 5.97 Å². The van der Waals surface area contributed by atoms with E-state index in [-0.39, 0.29) is 33.2 Å². The van der Waals surface area contributed by atoms with Crippen LogP contribution >= 0.6 is 0 Å². The zero-order chi connectivity index (χ0) is 19.8. The van der Waals surface area contributed by atoms with Crippen LogP contribution in [0.2, 0.25) is 0 Å². The van der Waals surface area contributed by atoms with Gasteiger partial charge in [-0.25, -0.2) is 0 Å². The minimum atomic E-state index is -0.864. The van der Waals surface area contributed by atoms with Crippen molar-refractivity contribution in [3.63, 3.8) is 0 Å². The number of hydrogen-bond donors (Lipinski definition) is 2. The summed E-state index contributed by atoms with van der Waals surface area (Å²) < 4.78 is 11.2. The van der Waals surface area contributed by atoms with Gasteiger partial charge in [0, 0.05) is 0 Å². The summed E-state index contributed by atoms with van der Waals surface area (Å²) in [5.41, 5.74) is 4.06. The van der Waals surface area contributed by atoms with Gasteiger partial charge in [-0.1, -0.05) is 0 Å². The van der Waals surface area contributed by atoms with Crippen molar-refractivity contribution in [1.29, 1.82) is 0 Å². The van der Waals surface area contributed by atoms with E-state index in [1.54, 1.807) is 7.11 Å². The number of carbonyl (C=O) groups is 1. The average Bonchev–Trinajstić information content (AvgIpc) is 3.10. The number of aromatic amines is 1. The molecule has 4 rings (SSSR count). The third-order valence-electron chi connectivity index (χ3n) is 6.06. The molecule has 6 nitrogen and oxygen atoms in total. The number of rotatable bonds is 5. The number of ether oxygens (including phenoxy) is 2. The Labute approximate surface area is 175 Å². The second-order valence-electron chi connectivity index (χ2n) is 7.35. The zero-order valence-corrected chi connectivity index (χ0v) is 18.5. The summed E-state index contributed by atoms with van der Waals surface area (Å²) in [7, 11) is 3.24. The van der Waals surface area contributed by atoms with Crippen LogP contribution in [0, 0.1) is 5.92 Å². The van der Waals surface area contributed by atoms with Gasteiger partial charge in [0.05, 0.1) is 0 Å². The van der Waals surface area contributed by atoms with E-state index in [0.29, 0.717) is 9.50 Å². The molecule has 152 valence electrons. The standard InChI is InChI=1S/C21H26IN2O4/c1-22-15-10-24-8-7-12-19-16(5-4-6-18(19)28-3)23-20(12)17(24)9-13(15)14(11-27-2)21(25)26/h4-6,11,13,15,17,23H,7-10H2,1-3H3,(H,25,26)/q-1/b14-11+/t13-,15+,17+/m1/s1. The number of benzene rings is 1. The van der Waals surface area contributed by atoms with Gasteiger partial charge in [0.15, 0.2) is 0 Å². The van der Waals surface area contributed by atoms with Crippen molar-refractivity contribution in [3.05, 3.63) is 41.3 Å². The maximum absolute atomic E-state index is 11.9. The Kier molecular flexibility index (Phi) is 5.55. The van der Waals surface area contributed by atoms with Crippen molar-refractivity contribution in [3.8, 4) is 5.75 Å². The molecule has 0 saturated carbocycles. The Morgan fingerprint density at radius 2 is 2.21 bits per heavy atom. The number of nitrogens with one attached hydrogen (secondary N) is 1. The van der Waals surface area contributed by atoms with Crippen LogP contribution in [0.5, 0.6) is 5.75 Å². The SMILES string of the molecule is CO/C=C(/C(=O)O)[C@H]1C[C@H]2c3[nH]c4cccc(OC)c4c3CCN2C[C@@H]1[I-]C. The van der Waals surface area contributed by atoms with Gasteiger partial charge in [-0.05, 0) is 0 Å². The first-order chi connectivity index (χ1) is 13.6. The molecule has 1 saturated heterocycles. The fourth-order valence-electron chi connectivity index (χ4n) is 4.80. The van der Waals surface area contributed by atoms with Gasteiger partial charge in [-0.2, -0.15) is 0 Å². The summed E-state index contributed by atoms with van der Waals surface area (Å²) in [5.74, 6) is 0.0616. The number of aromatic nitrogens is 1. The van der Waals surface area contributed by atoms with Gasteiger partial charge in [0.2, 0.25) is 0 Å². The Morgan fingerprint density at radius 3 is 2.89 bits per heavy atom. The Morgan fingerprint density at radius 1 is 1.39 bits per heavy atom. The molecule has 0 bridgehead atoms. The van der Waals surface area contributed by atoms with Crippen LogP contribution in [0.1, 0.15) is 23.7 Å². The van der Waals surface area contributed by atoms with E-state index in [9.17, 15) is 9.90 Å². The quantitative estimate of drug-likeness (QED) is 0.259. The average molecular weight is 497 g/mol. The summed E-state index contributed by atoms with van der Waals surface area (Å²) in [5, 5.41) is 10.9. The minimum absolute atomic E-state index is 0.0238. The second-order valence-corrected chi connectivity index (χ2v) is 10.2. The van der Waals surface area contributed by atoms with E-state index in [2.05, 4.69) is 20.9 Å². The number of aliphatic carboxylic acids is 1. The van der Waals surface area contributed by atoms with Crippen molar-refractivity contribution < 1.29 is 40.6 Å². The van der Waals surface area contributed by atoms with Crippen LogP contribution in [-0.4, -0.2) is 57.1 Å². The van der Waals surface area contributed by atoms with E-state index in [4.69, 9.17) is 9.47 Å². The van der Waals surface area contributed by atoms with Crippen LogP contribution in [0.3, 0.4) is 0 Å². The first-order valence-electron chi connectivity index (χ1n) is 9.44. The number of hydrogen-bond acceptors (Lipinski definition) is 4. The summed E-state index contributed by atoms with van der Waals surface area (Å²) in [6, 6.07) is 6.31. The van der Waals surface area contributed by atoms with Gasteiger partial charge in [0.1, 0.15) is 0 Å². The van der Waals surface area contributed by atoms with Crippen molar-refractivity contribution in [2.45, 2.75) is 22.8 Å². The molecule has 0 amide bonds. The number of methoxy groups -OCH3 is 2. The van der Waals surface area contributed by atoms with Crippen molar-refractivity contribution >= 4 is 16.9 Å². The van der Waals surface area contributed by atoms with Crippen LogP contribution < -0.4 is 25.9 Å². The molecular weight excluding hydrogens is 471 g/mol. The maximum atomic E-state index is 11.9. The van der Waals surface area contributed by atoms with Gasteiger partial charge >= 0.3 is 175 Å². The number of carboxylic acid groups (broad SMARTS) is 1. The predicted molar refractivity (Wildman–Crippen MR) is 103 cm³/mol. The zero-order valence-electron chi connectivity index (χ0n) is 16.4. The molecule has 0 spiro atoms. The molecule has 2 aliphatic heterocycles. The van der Waals surface area contributed by atoms with Crippen LogP contribution in [0.4, 0.5) is 0 Å². The second kappa shape index (κ2) is 7.94. The van der Waals surface area contributed by atoms with Crippen molar-refractivity contribution in [2.24, 2.45) is 5.92 Å². The molecule has 2 aromatic rings. The summed E-state index contributed by atoms with van der Waals surface area (Å²) >= 11 is -0.0862. The Balaban J connectivity index is 1.77. The van der Waals surface area contributed by atoms with Crippen LogP contribution in [-0.2, 0) is 16.0 Å². The molecule has 3 heterocycles. The molecule has 0 aliphatic carbocycles.